The molecule has 31 heavy (non-hydrogen) atoms. The third-order valence-electron chi connectivity index (χ3n) is 4.03. The van der Waals surface area contributed by atoms with Crippen molar-refractivity contribution in [2.45, 2.75) is 14.7 Å². The Hall–Kier alpha value is -2.95. The number of primary sulfonamides is 1. The Labute approximate surface area is 176 Å². The molecule has 0 saturated heterocycles. The monoisotopic (exact) mass is 487 g/mol. The van der Waals surface area contributed by atoms with Crippen LogP contribution in [-0.4, -0.2) is 39.5 Å². The molecule has 0 saturated carbocycles. The lowest BCUT2D eigenvalue weighted by atomic mass is 10.1. The molecule has 0 atom stereocenters. The van der Waals surface area contributed by atoms with Gasteiger partial charge in [-0.15, -0.1) is 5.11 Å². The summed E-state index contributed by atoms with van der Waals surface area (Å²) in [6.07, 6.45) is 0. The molecule has 0 spiro atoms. The van der Waals surface area contributed by atoms with Crippen LogP contribution in [0.15, 0.2) is 73.4 Å². The van der Waals surface area contributed by atoms with E-state index >= 15 is 0 Å². The predicted octanol–water partition coefficient (Wildman–Crippen LogP) is 2.10. The fourth-order valence-corrected chi connectivity index (χ4v) is 4.48. The topological polar surface area (TPSA) is 214 Å². The molecular formula is C16H13N3O9S3. The molecule has 0 fully saturated rings. The summed E-state index contributed by atoms with van der Waals surface area (Å²) in [6, 6.07) is 8.34. The fourth-order valence-electron chi connectivity index (χ4n) is 2.63. The fraction of sp³-hybridized carbons (Fsp3) is 0. The van der Waals surface area contributed by atoms with E-state index in [4.69, 9.17) is 5.14 Å². The summed E-state index contributed by atoms with van der Waals surface area (Å²) >= 11 is 0. The number of nitrogens with two attached hydrogens (primary N) is 1. The SMILES string of the molecule is NS(=O)(=O)c1ccc(N=Nc2c(O)ccc3c(S(=O)(=O)O)cc(S(=O)(=O)O)cc23)cc1. The van der Waals surface area contributed by atoms with Gasteiger partial charge >= 0.3 is 0 Å². The van der Waals surface area contributed by atoms with Gasteiger partial charge in [0, 0.05) is 10.8 Å². The summed E-state index contributed by atoms with van der Waals surface area (Å²) in [5.41, 5.74) is -0.256. The summed E-state index contributed by atoms with van der Waals surface area (Å²) in [6.45, 7) is 0. The number of hydrogen-bond donors (Lipinski definition) is 4. The molecule has 0 aliphatic rings. The number of benzene rings is 3. The smallest absolute Gasteiger partial charge is 0.295 e. The molecule has 0 bridgehead atoms. The number of azo groups is 1. The van der Waals surface area contributed by atoms with Crippen molar-refractivity contribution in [2.24, 2.45) is 15.4 Å². The molecule has 0 aliphatic carbocycles. The van der Waals surface area contributed by atoms with Crippen molar-refractivity contribution in [3.8, 4) is 5.75 Å². The molecule has 0 aliphatic heterocycles. The van der Waals surface area contributed by atoms with Gasteiger partial charge in [-0.3, -0.25) is 9.11 Å². The standard InChI is InChI=1S/C16H13N3O9S3/c17-29(21,22)10-3-1-9(2-4-10)18-19-16-13-7-11(30(23,24)25)8-15(31(26,27)28)12(13)5-6-14(16)20/h1-8,20H,(H2,17,21,22)(H,23,24,25)(H,26,27,28). The second-order valence-electron chi connectivity index (χ2n) is 6.14. The van der Waals surface area contributed by atoms with Crippen LogP contribution in [-0.2, 0) is 30.3 Å². The minimum absolute atomic E-state index is 0.116. The first-order valence-corrected chi connectivity index (χ1v) is 12.4. The van der Waals surface area contributed by atoms with Crippen molar-refractivity contribution >= 4 is 52.4 Å². The van der Waals surface area contributed by atoms with E-state index in [1.54, 1.807) is 0 Å². The Kier molecular flexibility index (Phi) is 5.59. The largest absolute Gasteiger partial charge is 0.506 e. The minimum Gasteiger partial charge on any atom is -0.506 e. The van der Waals surface area contributed by atoms with Crippen molar-refractivity contribution in [2.75, 3.05) is 0 Å². The van der Waals surface area contributed by atoms with Crippen LogP contribution in [0.4, 0.5) is 11.4 Å². The van der Waals surface area contributed by atoms with E-state index in [0.29, 0.717) is 6.07 Å². The highest BCUT2D eigenvalue weighted by Crippen LogP contribution is 2.40. The summed E-state index contributed by atoms with van der Waals surface area (Å²) in [7, 11) is -13.7. The first-order chi connectivity index (χ1) is 14.2. The highest BCUT2D eigenvalue weighted by Gasteiger charge is 2.22. The van der Waals surface area contributed by atoms with E-state index in [1.165, 1.54) is 12.1 Å². The van der Waals surface area contributed by atoms with Crippen LogP contribution >= 0.6 is 0 Å². The molecule has 0 radical (unpaired) electrons. The molecule has 5 N–H and O–H groups in total. The van der Waals surface area contributed by atoms with Crippen molar-refractivity contribution in [3.05, 3.63) is 48.5 Å². The highest BCUT2D eigenvalue weighted by molar-refractivity contribution is 7.89. The maximum Gasteiger partial charge on any atom is 0.295 e. The van der Waals surface area contributed by atoms with Gasteiger partial charge in [0.1, 0.15) is 16.3 Å². The van der Waals surface area contributed by atoms with Gasteiger partial charge in [-0.1, -0.05) is 0 Å². The van der Waals surface area contributed by atoms with Gasteiger partial charge < -0.3 is 5.11 Å². The van der Waals surface area contributed by atoms with Crippen molar-refractivity contribution in [3.63, 3.8) is 0 Å². The second kappa shape index (κ2) is 7.63. The Morgan fingerprint density at radius 1 is 0.710 bits per heavy atom. The maximum atomic E-state index is 11.7. The number of phenols is 1. The zero-order valence-corrected chi connectivity index (χ0v) is 17.6. The molecular weight excluding hydrogens is 474 g/mol. The summed E-state index contributed by atoms with van der Waals surface area (Å²) in [5.74, 6) is -0.522. The van der Waals surface area contributed by atoms with Gasteiger partial charge in [0.25, 0.3) is 20.2 Å². The van der Waals surface area contributed by atoms with Crippen molar-refractivity contribution in [1.29, 1.82) is 0 Å². The van der Waals surface area contributed by atoms with Crippen molar-refractivity contribution in [1.82, 2.24) is 0 Å². The molecule has 3 aromatic carbocycles. The van der Waals surface area contributed by atoms with Gasteiger partial charge in [-0.25, -0.2) is 13.6 Å². The second-order valence-corrected chi connectivity index (χ2v) is 10.5. The number of rotatable bonds is 5. The zero-order valence-electron chi connectivity index (χ0n) is 15.1. The zero-order chi connectivity index (χ0) is 23.2. The number of nitrogens with zero attached hydrogens (tertiary/aromatic N) is 2. The molecule has 164 valence electrons. The normalized spacial score (nSPS) is 13.1. The van der Waals surface area contributed by atoms with E-state index in [-0.39, 0.29) is 27.0 Å². The van der Waals surface area contributed by atoms with Crippen LogP contribution in [0.1, 0.15) is 0 Å². The van der Waals surface area contributed by atoms with Gasteiger partial charge in [0.2, 0.25) is 10.0 Å². The number of phenolic OH excluding ortho intramolecular Hbond substituents is 1. The van der Waals surface area contributed by atoms with Crippen LogP contribution < -0.4 is 5.14 Å². The Morgan fingerprint density at radius 2 is 1.32 bits per heavy atom. The highest BCUT2D eigenvalue weighted by atomic mass is 32.2. The van der Waals surface area contributed by atoms with Crippen LogP contribution in [0.5, 0.6) is 5.75 Å². The number of aromatic hydroxyl groups is 1. The van der Waals surface area contributed by atoms with Crippen LogP contribution in [0.2, 0.25) is 0 Å². The molecule has 0 heterocycles. The van der Waals surface area contributed by atoms with Crippen molar-refractivity contribution < 1.29 is 39.5 Å². The molecule has 12 nitrogen and oxygen atoms in total. The van der Waals surface area contributed by atoms with Crippen LogP contribution in [0.25, 0.3) is 10.8 Å². The lowest BCUT2D eigenvalue weighted by Crippen LogP contribution is -2.11. The summed E-state index contributed by atoms with van der Waals surface area (Å²) in [4.78, 5) is -1.89. The average molecular weight is 487 g/mol. The van der Waals surface area contributed by atoms with Crippen LogP contribution in [0, 0.1) is 0 Å². The van der Waals surface area contributed by atoms with E-state index in [1.807, 2.05) is 0 Å². The lowest BCUT2D eigenvalue weighted by Gasteiger charge is -2.10. The predicted molar refractivity (Wildman–Crippen MR) is 107 cm³/mol. The quantitative estimate of drug-likeness (QED) is 0.306. The summed E-state index contributed by atoms with van der Waals surface area (Å²) in [5, 5.41) is 22.3. The molecule has 3 rings (SSSR count). The minimum atomic E-state index is -4.93. The Morgan fingerprint density at radius 3 is 1.84 bits per heavy atom. The molecule has 0 amide bonds. The Balaban J connectivity index is 2.25. The van der Waals surface area contributed by atoms with Gasteiger partial charge in [-0.05, 0) is 48.5 Å². The van der Waals surface area contributed by atoms with Gasteiger partial charge in [-0.2, -0.15) is 21.9 Å². The number of sulfonamides is 1. The lowest BCUT2D eigenvalue weighted by molar-refractivity contribution is 0.475. The number of fused-ring (bicyclic) bond motifs is 1. The first kappa shape index (κ1) is 22.7. The third-order valence-corrected chi connectivity index (χ3v) is 6.68. The van der Waals surface area contributed by atoms with E-state index in [2.05, 4.69) is 10.2 Å². The average Bonchev–Trinajstić information content (AvgIpc) is 2.64. The van der Waals surface area contributed by atoms with Gasteiger partial charge in [0.15, 0.2) is 0 Å². The van der Waals surface area contributed by atoms with E-state index < -0.39 is 45.8 Å². The first-order valence-electron chi connectivity index (χ1n) is 7.97. The molecule has 3 aromatic rings. The Bertz CT molecular complexity index is 1550. The maximum absolute atomic E-state index is 11.7. The molecule has 0 unspecified atom stereocenters. The van der Waals surface area contributed by atoms with Gasteiger partial charge in [0.05, 0.1) is 15.5 Å². The van der Waals surface area contributed by atoms with E-state index in [0.717, 1.165) is 30.3 Å². The molecule has 0 aromatic heterocycles. The van der Waals surface area contributed by atoms with Crippen LogP contribution in [0.3, 0.4) is 0 Å². The molecule has 15 heteroatoms. The van der Waals surface area contributed by atoms with E-state index in [9.17, 15) is 39.5 Å². The number of hydrogen-bond acceptors (Lipinski definition) is 9. The summed E-state index contributed by atoms with van der Waals surface area (Å²) < 4.78 is 87.9. The third kappa shape index (κ3) is 4.87.